The number of hydrogen-bond donors (Lipinski definition) is 2. The van der Waals surface area contributed by atoms with Crippen molar-refractivity contribution in [3.8, 4) is 11.3 Å². The molecule has 3 aliphatic rings. The Bertz CT molecular complexity index is 979. The van der Waals surface area contributed by atoms with Gasteiger partial charge in [-0.2, -0.15) is 4.98 Å². The van der Waals surface area contributed by atoms with Gasteiger partial charge in [0.25, 0.3) is 0 Å². The molecule has 4 N–H and O–H groups in total. The number of morpholine rings is 1. The molecule has 2 fully saturated rings. The second-order valence-electron chi connectivity index (χ2n) is 8.25. The monoisotopic (exact) mass is 426 g/mol. The number of amides is 1. The number of ether oxygens (including phenoxy) is 2. The van der Waals surface area contributed by atoms with Gasteiger partial charge in [0.05, 0.1) is 24.9 Å². The maximum Gasteiger partial charge on any atom is 0.404 e. The molecule has 5 rings (SSSR count). The Morgan fingerprint density at radius 1 is 1.19 bits per heavy atom. The lowest BCUT2D eigenvalue weighted by Gasteiger charge is -2.41. The number of nitrogens with zero attached hydrogens (tertiary/aromatic N) is 6. The number of carbonyl (C=O) groups excluding carboxylic acids is 1. The van der Waals surface area contributed by atoms with Gasteiger partial charge in [-0.1, -0.05) is 0 Å². The summed E-state index contributed by atoms with van der Waals surface area (Å²) in [6.07, 6.45) is 4.89. The molecule has 0 aromatic carbocycles. The maximum absolute atomic E-state index is 11.0. The number of hydrogen-bond acceptors (Lipinski definition) is 10. The SMILES string of the molecule is C[C@H]1COCCN1c1nc(-c2cnc(N)nc2)c2c(n1)N(C1CC(OC(N)=O)C1)CC2. The molecule has 2 aromatic rings. The number of aromatic nitrogens is 4. The zero-order valence-corrected chi connectivity index (χ0v) is 17.4. The molecule has 1 saturated carbocycles. The van der Waals surface area contributed by atoms with E-state index in [1.807, 2.05) is 0 Å². The summed E-state index contributed by atoms with van der Waals surface area (Å²) in [4.78, 5) is 33.8. The summed E-state index contributed by atoms with van der Waals surface area (Å²) < 4.78 is 10.7. The highest BCUT2D eigenvalue weighted by Crippen LogP contribution is 2.40. The van der Waals surface area contributed by atoms with Crippen LogP contribution in [0.1, 0.15) is 25.3 Å². The highest BCUT2D eigenvalue weighted by molar-refractivity contribution is 5.73. The molecule has 0 bridgehead atoms. The average molecular weight is 426 g/mol. The molecule has 1 saturated heterocycles. The van der Waals surface area contributed by atoms with Crippen LogP contribution in [0.3, 0.4) is 0 Å². The minimum atomic E-state index is -0.721. The van der Waals surface area contributed by atoms with Gasteiger partial charge in [0.15, 0.2) is 0 Å². The van der Waals surface area contributed by atoms with E-state index in [1.54, 1.807) is 12.4 Å². The standard InChI is InChI=1S/C20H26N8O3/c1-11-10-30-5-4-27(11)20-25-16(12-8-23-18(21)24-9-12)15-2-3-28(17(15)26-20)13-6-14(7-13)31-19(22)29/h8-9,11,13-14H,2-7,10H2,1H3,(H2,22,29)(H2,21,23,24)/t11-,13?,14?/m0/s1. The first-order valence-corrected chi connectivity index (χ1v) is 10.6. The highest BCUT2D eigenvalue weighted by atomic mass is 16.6. The van der Waals surface area contributed by atoms with Crippen molar-refractivity contribution >= 4 is 23.8 Å². The van der Waals surface area contributed by atoms with E-state index in [4.69, 9.17) is 30.9 Å². The number of nitrogens with two attached hydrogens (primary N) is 2. The molecule has 1 amide bonds. The van der Waals surface area contributed by atoms with Gasteiger partial charge in [0, 0.05) is 55.5 Å². The van der Waals surface area contributed by atoms with Crippen molar-refractivity contribution in [3.63, 3.8) is 0 Å². The van der Waals surface area contributed by atoms with E-state index >= 15 is 0 Å². The van der Waals surface area contributed by atoms with E-state index in [-0.39, 0.29) is 24.1 Å². The van der Waals surface area contributed by atoms with E-state index in [0.29, 0.717) is 19.2 Å². The van der Waals surface area contributed by atoms with Gasteiger partial charge >= 0.3 is 6.09 Å². The third-order valence-corrected chi connectivity index (χ3v) is 6.21. The van der Waals surface area contributed by atoms with E-state index < -0.39 is 6.09 Å². The van der Waals surface area contributed by atoms with Crippen LogP contribution in [0.5, 0.6) is 0 Å². The van der Waals surface area contributed by atoms with Gasteiger partial charge in [0.2, 0.25) is 11.9 Å². The Labute approximate surface area is 179 Å². The van der Waals surface area contributed by atoms with E-state index in [2.05, 4.69) is 26.7 Å². The lowest BCUT2D eigenvalue weighted by atomic mass is 9.88. The van der Waals surface area contributed by atoms with Crippen molar-refractivity contribution < 1.29 is 14.3 Å². The normalized spacial score (nSPS) is 25.1. The Hall–Kier alpha value is -3.21. The zero-order valence-electron chi connectivity index (χ0n) is 17.4. The average Bonchev–Trinajstić information content (AvgIpc) is 3.14. The summed E-state index contributed by atoms with van der Waals surface area (Å²) in [5.74, 6) is 1.84. The molecule has 4 heterocycles. The molecule has 0 unspecified atom stereocenters. The Kier molecular flexibility index (Phi) is 4.97. The first-order chi connectivity index (χ1) is 15.0. The number of fused-ring (bicyclic) bond motifs is 1. The van der Waals surface area contributed by atoms with Crippen molar-refractivity contribution in [2.24, 2.45) is 5.73 Å². The van der Waals surface area contributed by atoms with E-state index in [9.17, 15) is 4.79 Å². The van der Waals surface area contributed by atoms with Crippen molar-refractivity contribution in [1.82, 2.24) is 19.9 Å². The van der Waals surface area contributed by atoms with Crippen molar-refractivity contribution in [2.75, 3.05) is 41.8 Å². The number of nitrogen functional groups attached to an aromatic ring is 1. The number of anilines is 3. The number of rotatable bonds is 4. The fraction of sp³-hybridized carbons (Fsp3) is 0.550. The van der Waals surface area contributed by atoms with Crippen LogP contribution in [0.25, 0.3) is 11.3 Å². The molecule has 11 nitrogen and oxygen atoms in total. The van der Waals surface area contributed by atoms with Crippen LogP contribution in [-0.4, -0.2) is 70.5 Å². The molecule has 2 aliphatic heterocycles. The summed E-state index contributed by atoms with van der Waals surface area (Å²) >= 11 is 0. The number of primary amides is 1. The maximum atomic E-state index is 11.0. The highest BCUT2D eigenvalue weighted by Gasteiger charge is 2.40. The van der Waals surface area contributed by atoms with Gasteiger partial charge in [0.1, 0.15) is 11.9 Å². The van der Waals surface area contributed by atoms with Crippen molar-refractivity contribution in [3.05, 3.63) is 18.0 Å². The van der Waals surface area contributed by atoms with Crippen molar-refractivity contribution in [1.29, 1.82) is 0 Å². The third kappa shape index (κ3) is 3.69. The van der Waals surface area contributed by atoms with Crippen molar-refractivity contribution in [2.45, 2.75) is 44.4 Å². The molecule has 31 heavy (non-hydrogen) atoms. The smallest absolute Gasteiger partial charge is 0.404 e. The fourth-order valence-electron chi connectivity index (χ4n) is 4.53. The van der Waals surface area contributed by atoms with Crippen LogP contribution in [0.4, 0.5) is 22.5 Å². The van der Waals surface area contributed by atoms with Gasteiger partial charge in [-0.3, -0.25) is 0 Å². The Balaban J connectivity index is 1.51. The largest absolute Gasteiger partial charge is 0.446 e. The zero-order chi connectivity index (χ0) is 21.5. The van der Waals surface area contributed by atoms with Gasteiger partial charge in [-0.25, -0.2) is 19.7 Å². The molecule has 1 aliphatic carbocycles. The molecule has 0 radical (unpaired) electrons. The summed E-state index contributed by atoms with van der Waals surface area (Å²) in [6, 6.07) is 0.431. The first-order valence-electron chi connectivity index (χ1n) is 10.6. The molecule has 164 valence electrons. The summed E-state index contributed by atoms with van der Waals surface area (Å²) in [5, 5.41) is 0. The lowest BCUT2D eigenvalue weighted by molar-refractivity contribution is 0.0452. The van der Waals surface area contributed by atoms with Gasteiger partial charge in [-0.05, 0) is 13.3 Å². The fourth-order valence-corrected chi connectivity index (χ4v) is 4.53. The molecular formula is C20H26N8O3. The topological polar surface area (TPSA) is 146 Å². The molecular weight excluding hydrogens is 400 g/mol. The molecule has 11 heteroatoms. The third-order valence-electron chi connectivity index (χ3n) is 6.21. The minimum absolute atomic E-state index is 0.128. The Morgan fingerprint density at radius 3 is 2.68 bits per heavy atom. The van der Waals surface area contributed by atoms with Gasteiger partial charge < -0.3 is 30.7 Å². The summed E-state index contributed by atoms with van der Waals surface area (Å²) in [6.45, 7) is 4.96. The van der Waals surface area contributed by atoms with E-state index in [1.165, 1.54) is 0 Å². The van der Waals surface area contributed by atoms with Crippen LogP contribution >= 0.6 is 0 Å². The molecule has 1 atom stereocenters. The molecule has 0 spiro atoms. The summed E-state index contributed by atoms with van der Waals surface area (Å²) in [5.41, 5.74) is 13.6. The van der Waals surface area contributed by atoms with Crippen LogP contribution in [-0.2, 0) is 15.9 Å². The second-order valence-corrected chi connectivity index (χ2v) is 8.25. The van der Waals surface area contributed by atoms with Crippen LogP contribution in [0.2, 0.25) is 0 Å². The van der Waals surface area contributed by atoms with Crippen LogP contribution in [0, 0.1) is 0 Å². The quantitative estimate of drug-likeness (QED) is 0.717. The van der Waals surface area contributed by atoms with Gasteiger partial charge in [-0.15, -0.1) is 0 Å². The van der Waals surface area contributed by atoms with E-state index in [0.717, 1.165) is 55.0 Å². The second kappa shape index (κ2) is 7.80. The predicted octanol–water partition coefficient (Wildman–Crippen LogP) is 0.730. The molecule has 2 aromatic heterocycles. The predicted molar refractivity (Wildman–Crippen MR) is 114 cm³/mol. The van der Waals surface area contributed by atoms with Crippen LogP contribution < -0.4 is 21.3 Å². The lowest BCUT2D eigenvalue weighted by Crippen LogP contribution is -2.49. The minimum Gasteiger partial charge on any atom is -0.446 e. The van der Waals surface area contributed by atoms with Crippen LogP contribution in [0.15, 0.2) is 12.4 Å². The first kappa shape index (κ1) is 19.7. The Morgan fingerprint density at radius 2 is 1.97 bits per heavy atom. The summed E-state index contributed by atoms with van der Waals surface area (Å²) in [7, 11) is 0. The number of carbonyl (C=O) groups is 1.